The summed E-state index contributed by atoms with van der Waals surface area (Å²) in [4.78, 5) is 26.8. The van der Waals surface area contributed by atoms with Crippen LogP contribution in [0.1, 0.15) is 30.9 Å². The molecule has 158 valence electrons. The highest BCUT2D eigenvalue weighted by Gasteiger charge is 2.31. The second kappa shape index (κ2) is 8.26. The smallest absolute Gasteiger partial charge is 0.263 e. The monoisotopic (exact) mass is 410 g/mol. The van der Waals surface area contributed by atoms with Crippen LogP contribution < -0.4 is 19.5 Å². The molecule has 0 aromatic heterocycles. The molecule has 1 atom stereocenters. The average Bonchev–Trinajstić information content (AvgIpc) is 3.59. The van der Waals surface area contributed by atoms with Crippen molar-refractivity contribution in [3.63, 3.8) is 0 Å². The van der Waals surface area contributed by atoms with Crippen LogP contribution in [0.3, 0.4) is 0 Å². The number of para-hydroxylation sites is 1. The van der Waals surface area contributed by atoms with Crippen LogP contribution in [0.15, 0.2) is 36.4 Å². The summed E-state index contributed by atoms with van der Waals surface area (Å²) in [6.45, 7) is 2.47. The van der Waals surface area contributed by atoms with Crippen molar-refractivity contribution in [2.45, 2.75) is 39.0 Å². The Morgan fingerprint density at radius 2 is 2.00 bits per heavy atom. The van der Waals surface area contributed by atoms with E-state index in [1.165, 1.54) is 0 Å². The standard InChI is InChI=1S/C23H26N2O5/c1-14-23(27)25(12-16-5-4-6-20(28-2)21(16)29-3)13-17-11-18(9-10-19(17)30-14)24-22(26)15-7-8-15/h4-6,9-11,14-15H,7-8,12-13H2,1-3H3,(H,24,26)/t14-/m1/s1. The Balaban J connectivity index is 1.60. The lowest BCUT2D eigenvalue weighted by Crippen LogP contribution is -2.37. The minimum atomic E-state index is -0.616. The minimum absolute atomic E-state index is 0.0481. The molecule has 1 aliphatic heterocycles. The zero-order chi connectivity index (χ0) is 21.3. The number of hydrogen-bond acceptors (Lipinski definition) is 5. The fourth-order valence-electron chi connectivity index (χ4n) is 3.68. The molecule has 0 spiro atoms. The lowest BCUT2D eigenvalue weighted by atomic mass is 10.1. The summed E-state index contributed by atoms with van der Waals surface area (Å²) < 4.78 is 16.8. The van der Waals surface area contributed by atoms with E-state index in [1.54, 1.807) is 26.0 Å². The molecule has 7 nitrogen and oxygen atoms in total. The van der Waals surface area contributed by atoms with Gasteiger partial charge in [-0.15, -0.1) is 0 Å². The maximum atomic E-state index is 13.0. The summed E-state index contributed by atoms with van der Waals surface area (Å²) in [7, 11) is 3.17. The molecular weight excluding hydrogens is 384 g/mol. The Hall–Kier alpha value is -3.22. The first kappa shape index (κ1) is 20.1. The maximum Gasteiger partial charge on any atom is 0.263 e. The molecule has 2 amide bonds. The molecule has 2 aromatic rings. The summed E-state index contributed by atoms with van der Waals surface area (Å²) in [6.07, 6.45) is 1.28. The number of hydrogen-bond donors (Lipinski definition) is 1. The predicted octanol–water partition coefficient (Wildman–Crippen LogP) is 3.36. The Bertz CT molecular complexity index is 970. The number of anilines is 1. The SMILES string of the molecule is COc1cccc(CN2Cc3cc(NC(=O)C4CC4)ccc3O[C@H](C)C2=O)c1OC. The molecule has 1 aliphatic carbocycles. The number of rotatable bonds is 6. The molecule has 0 unspecified atom stereocenters. The van der Waals surface area contributed by atoms with Gasteiger partial charge in [0, 0.05) is 35.8 Å². The van der Waals surface area contributed by atoms with Crippen LogP contribution in [-0.2, 0) is 22.7 Å². The van der Waals surface area contributed by atoms with Crippen molar-refractivity contribution in [1.29, 1.82) is 0 Å². The predicted molar refractivity (Wildman–Crippen MR) is 112 cm³/mol. The van der Waals surface area contributed by atoms with Crippen molar-refractivity contribution in [2.24, 2.45) is 5.92 Å². The van der Waals surface area contributed by atoms with E-state index >= 15 is 0 Å². The highest BCUT2D eigenvalue weighted by Crippen LogP contribution is 2.35. The zero-order valence-corrected chi connectivity index (χ0v) is 17.4. The summed E-state index contributed by atoms with van der Waals surface area (Å²) in [5.41, 5.74) is 2.41. The van der Waals surface area contributed by atoms with E-state index < -0.39 is 6.10 Å². The first-order valence-corrected chi connectivity index (χ1v) is 10.1. The number of carbonyl (C=O) groups excluding carboxylic acids is 2. The van der Waals surface area contributed by atoms with Crippen LogP contribution in [-0.4, -0.2) is 37.0 Å². The van der Waals surface area contributed by atoms with Crippen molar-refractivity contribution < 1.29 is 23.8 Å². The molecule has 0 saturated heterocycles. The molecule has 1 fully saturated rings. The van der Waals surface area contributed by atoms with Gasteiger partial charge in [-0.1, -0.05) is 12.1 Å². The van der Waals surface area contributed by atoms with Gasteiger partial charge >= 0.3 is 0 Å². The van der Waals surface area contributed by atoms with Crippen molar-refractivity contribution >= 4 is 17.5 Å². The van der Waals surface area contributed by atoms with Gasteiger partial charge in [0.25, 0.3) is 5.91 Å². The minimum Gasteiger partial charge on any atom is -0.493 e. The van der Waals surface area contributed by atoms with Crippen LogP contribution in [0.4, 0.5) is 5.69 Å². The second-order valence-electron chi connectivity index (χ2n) is 7.69. The number of methoxy groups -OCH3 is 2. The van der Waals surface area contributed by atoms with E-state index in [9.17, 15) is 9.59 Å². The first-order chi connectivity index (χ1) is 14.5. The Morgan fingerprint density at radius 1 is 1.20 bits per heavy atom. The molecule has 1 saturated carbocycles. The maximum absolute atomic E-state index is 13.0. The number of fused-ring (bicyclic) bond motifs is 1. The third-order valence-corrected chi connectivity index (χ3v) is 5.45. The lowest BCUT2D eigenvalue weighted by Gasteiger charge is -2.24. The molecule has 1 N–H and O–H groups in total. The molecular formula is C23H26N2O5. The fourth-order valence-corrected chi connectivity index (χ4v) is 3.68. The van der Waals surface area contributed by atoms with E-state index in [2.05, 4.69) is 5.32 Å². The number of ether oxygens (including phenoxy) is 3. The van der Waals surface area contributed by atoms with Crippen molar-refractivity contribution in [3.05, 3.63) is 47.5 Å². The largest absolute Gasteiger partial charge is 0.493 e. The number of amides is 2. The molecule has 2 aromatic carbocycles. The molecule has 0 radical (unpaired) electrons. The van der Waals surface area contributed by atoms with Crippen LogP contribution in [0, 0.1) is 5.92 Å². The summed E-state index contributed by atoms with van der Waals surface area (Å²) in [6, 6.07) is 11.1. The normalized spacial score (nSPS) is 18.2. The Morgan fingerprint density at radius 3 is 2.70 bits per heavy atom. The van der Waals surface area contributed by atoms with Crippen LogP contribution in [0.5, 0.6) is 17.2 Å². The van der Waals surface area contributed by atoms with Crippen molar-refractivity contribution in [2.75, 3.05) is 19.5 Å². The van der Waals surface area contributed by atoms with E-state index in [0.717, 1.165) is 29.7 Å². The molecule has 4 rings (SSSR count). The zero-order valence-electron chi connectivity index (χ0n) is 17.4. The Kier molecular flexibility index (Phi) is 5.53. The molecule has 2 aliphatic rings. The molecule has 30 heavy (non-hydrogen) atoms. The van der Waals surface area contributed by atoms with Crippen LogP contribution in [0.25, 0.3) is 0 Å². The third kappa shape index (κ3) is 4.06. The fraction of sp³-hybridized carbons (Fsp3) is 0.391. The number of nitrogens with zero attached hydrogens (tertiary/aromatic N) is 1. The number of carbonyl (C=O) groups is 2. The lowest BCUT2D eigenvalue weighted by molar-refractivity contribution is -0.138. The first-order valence-electron chi connectivity index (χ1n) is 10.1. The van der Waals surface area contributed by atoms with Gasteiger partial charge in [0.2, 0.25) is 5.91 Å². The van der Waals surface area contributed by atoms with E-state index in [4.69, 9.17) is 14.2 Å². The highest BCUT2D eigenvalue weighted by atomic mass is 16.5. The van der Waals surface area contributed by atoms with Crippen molar-refractivity contribution in [1.82, 2.24) is 4.90 Å². The average molecular weight is 410 g/mol. The van der Waals surface area contributed by atoms with Gasteiger partial charge in [-0.3, -0.25) is 9.59 Å². The van der Waals surface area contributed by atoms with Gasteiger partial charge in [0.05, 0.1) is 14.2 Å². The number of benzene rings is 2. The topological polar surface area (TPSA) is 77.1 Å². The number of nitrogens with one attached hydrogen (secondary N) is 1. The van der Waals surface area contributed by atoms with Gasteiger partial charge < -0.3 is 24.4 Å². The molecule has 0 bridgehead atoms. The van der Waals surface area contributed by atoms with Gasteiger partial charge in [0.15, 0.2) is 17.6 Å². The summed E-state index contributed by atoms with van der Waals surface area (Å²) >= 11 is 0. The highest BCUT2D eigenvalue weighted by molar-refractivity contribution is 5.94. The van der Waals surface area contributed by atoms with Gasteiger partial charge in [-0.05, 0) is 44.0 Å². The van der Waals surface area contributed by atoms with E-state index in [0.29, 0.717) is 30.3 Å². The molecule has 7 heteroatoms. The van der Waals surface area contributed by atoms with Gasteiger partial charge in [0.1, 0.15) is 5.75 Å². The van der Waals surface area contributed by atoms with Crippen LogP contribution >= 0.6 is 0 Å². The van der Waals surface area contributed by atoms with Crippen LogP contribution in [0.2, 0.25) is 0 Å². The summed E-state index contributed by atoms with van der Waals surface area (Å²) in [5.74, 6) is 1.94. The van der Waals surface area contributed by atoms with Gasteiger partial charge in [-0.25, -0.2) is 0 Å². The van der Waals surface area contributed by atoms with Crippen molar-refractivity contribution in [3.8, 4) is 17.2 Å². The van der Waals surface area contributed by atoms with Gasteiger partial charge in [-0.2, -0.15) is 0 Å². The van der Waals surface area contributed by atoms with E-state index in [1.807, 2.05) is 36.4 Å². The van der Waals surface area contributed by atoms with E-state index in [-0.39, 0.29) is 17.7 Å². The third-order valence-electron chi connectivity index (χ3n) is 5.45. The Labute approximate surface area is 175 Å². The quantitative estimate of drug-likeness (QED) is 0.790. The molecule has 1 heterocycles. The summed E-state index contributed by atoms with van der Waals surface area (Å²) in [5, 5.41) is 2.96. The second-order valence-corrected chi connectivity index (χ2v) is 7.69.